The zero-order chi connectivity index (χ0) is 24.7. The van der Waals surface area contributed by atoms with Crippen molar-refractivity contribution in [1.29, 1.82) is 0 Å². The van der Waals surface area contributed by atoms with Gasteiger partial charge in [0, 0.05) is 50.6 Å². The molecular formula is C24H23F3N4O4. The van der Waals surface area contributed by atoms with E-state index in [0.717, 1.165) is 17.8 Å². The summed E-state index contributed by atoms with van der Waals surface area (Å²) in [6, 6.07) is 5.63. The van der Waals surface area contributed by atoms with Gasteiger partial charge >= 0.3 is 6.18 Å². The first kappa shape index (κ1) is 23.3. The molecule has 1 aromatic heterocycles. The number of hydrogen-bond donors (Lipinski definition) is 1. The van der Waals surface area contributed by atoms with Gasteiger partial charge in [-0.15, -0.1) is 0 Å². The molecule has 2 fully saturated rings. The highest BCUT2D eigenvalue weighted by molar-refractivity contribution is 6.05. The van der Waals surface area contributed by atoms with E-state index >= 15 is 0 Å². The summed E-state index contributed by atoms with van der Waals surface area (Å²) in [5.41, 5.74) is 0.986. The van der Waals surface area contributed by atoms with E-state index in [-0.39, 0.29) is 30.9 Å². The summed E-state index contributed by atoms with van der Waals surface area (Å²) >= 11 is 0. The summed E-state index contributed by atoms with van der Waals surface area (Å²) in [7, 11) is 0. The average molecular weight is 488 g/mol. The lowest BCUT2D eigenvalue weighted by atomic mass is 10.0. The molecular weight excluding hydrogens is 465 g/mol. The smallest absolute Gasteiger partial charge is 0.417 e. The second-order valence-electron chi connectivity index (χ2n) is 9.06. The second-order valence-corrected chi connectivity index (χ2v) is 9.06. The van der Waals surface area contributed by atoms with E-state index in [9.17, 15) is 27.6 Å². The predicted octanol–water partition coefficient (Wildman–Crippen LogP) is 2.51. The Kier molecular flexibility index (Phi) is 5.96. The largest absolute Gasteiger partial charge is 0.489 e. The summed E-state index contributed by atoms with van der Waals surface area (Å²) in [4.78, 5) is 43.7. The first-order valence-electron chi connectivity index (χ1n) is 11.3. The fourth-order valence-electron chi connectivity index (χ4n) is 4.84. The standard InChI is InChI=1S/C24H23F3N4O4/c25-24(26,27)16-7-14(9-28-10-16)11-30-6-5-18(13-30)35-17-1-2-19-15(8-17)12-31(23(19)34)20-3-4-21(32)29-22(20)33/h1-2,7-10,18,20H,3-6,11-13H2,(H,29,32,33)/t18-,20?/m0/s1. The van der Waals surface area contributed by atoms with Crippen molar-refractivity contribution in [3.05, 3.63) is 58.9 Å². The van der Waals surface area contributed by atoms with Gasteiger partial charge in [0.2, 0.25) is 11.8 Å². The number of halogens is 3. The maximum absolute atomic E-state index is 12.9. The molecule has 184 valence electrons. The highest BCUT2D eigenvalue weighted by atomic mass is 19.4. The highest BCUT2D eigenvalue weighted by Gasteiger charge is 2.39. The zero-order valence-corrected chi connectivity index (χ0v) is 18.7. The summed E-state index contributed by atoms with van der Waals surface area (Å²) in [6.07, 6.45) is -1.11. The Morgan fingerprint density at radius 1 is 1.11 bits per heavy atom. The SMILES string of the molecule is O=C1CCC(N2Cc3cc(O[C@H]4CCN(Cc5cncc(C(F)(F)F)c5)C4)ccc3C2=O)C(=O)N1. The van der Waals surface area contributed by atoms with Crippen LogP contribution in [0.3, 0.4) is 0 Å². The Bertz CT molecular complexity index is 1190. The lowest BCUT2D eigenvalue weighted by Crippen LogP contribution is -2.52. The molecule has 0 bridgehead atoms. The Morgan fingerprint density at radius 3 is 2.71 bits per heavy atom. The van der Waals surface area contributed by atoms with Crippen LogP contribution in [0.1, 0.15) is 46.3 Å². The molecule has 8 nitrogen and oxygen atoms in total. The first-order valence-corrected chi connectivity index (χ1v) is 11.3. The van der Waals surface area contributed by atoms with Gasteiger partial charge in [-0.1, -0.05) is 0 Å². The van der Waals surface area contributed by atoms with Crippen molar-refractivity contribution < 1.29 is 32.3 Å². The van der Waals surface area contributed by atoms with Crippen molar-refractivity contribution in [3.8, 4) is 5.75 Å². The number of ether oxygens (including phenoxy) is 1. The topological polar surface area (TPSA) is 91.8 Å². The minimum absolute atomic E-state index is 0.143. The van der Waals surface area contributed by atoms with Crippen molar-refractivity contribution >= 4 is 17.7 Å². The van der Waals surface area contributed by atoms with Crippen LogP contribution in [0.15, 0.2) is 36.7 Å². The minimum atomic E-state index is -4.43. The Morgan fingerprint density at radius 2 is 1.94 bits per heavy atom. The molecule has 3 amide bonds. The molecule has 0 saturated carbocycles. The first-order chi connectivity index (χ1) is 16.7. The van der Waals surface area contributed by atoms with Crippen LogP contribution in [-0.4, -0.2) is 57.7 Å². The van der Waals surface area contributed by atoms with Gasteiger partial charge < -0.3 is 9.64 Å². The quantitative estimate of drug-likeness (QED) is 0.651. The van der Waals surface area contributed by atoms with Crippen LogP contribution in [0.4, 0.5) is 13.2 Å². The fraction of sp³-hybridized carbons (Fsp3) is 0.417. The number of fused-ring (bicyclic) bond motifs is 1. The van der Waals surface area contributed by atoms with Crippen molar-refractivity contribution in [2.45, 2.75) is 50.7 Å². The number of nitrogens with zero attached hydrogens (tertiary/aromatic N) is 3. The van der Waals surface area contributed by atoms with E-state index in [1.807, 2.05) is 4.90 Å². The number of carbonyl (C=O) groups excluding carboxylic acids is 3. The van der Waals surface area contributed by atoms with Gasteiger partial charge in [0.1, 0.15) is 17.9 Å². The van der Waals surface area contributed by atoms with Crippen LogP contribution in [0.25, 0.3) is 0 Å². The molecule has 1 N–H and O–H groups in total. The molecule has 5 rings (SSSR count). The lowest BCUT2D eigenvalue weighted by Gasteiger charge is -2.29. The number of imide groups is 1. The van der Waals surface area contributed by atoms with E-state index < -0.39 is 23.7 Å². The maximum atomic E-state index is 12.9. The number of carbonyl (C=O) groups is 3. The molecule has 2 saturated heterocycles. The summed E-state index contributed by atoms with van der Waals surface area (Å²) in [5.74, 6) is -0.445. The molecule has 35 heavy (non-hydrogen) atoms. The molecule has 11 heteroatoms. The van der Waals surface area contributed by atoms with Crippen molar-refractivity contribution in [1.82, 2.24) is 20.1 Å². The average Bonchev–Trinajstić information content (AvgIpc) is 3.37. The van der Waals surface area contributed by atoms with E-state index in [2.05, 4.69) is 10.3 Å². The number of aromatic nitrogens is 1. The number of amides is 3. The molecule has 3 aliphatic heterocycles. The molecule has 2 atom stereocenters. The van der Waals surface area contributed by atoms with Gasteiger partial charge in [-0.25, -0.2) is 0 Å². The van der Waals surface area contributed by atoms with Gasteiger partial charge in [0.05, 0.1) is 5.56 Å². The third kappa shape index (κ3) is 4.86. The van der Waals surface area contributed by atoms with Crippen LogP contribution in [0, 0.1) is 0 Å². The normalized spacial score (nSPS) is 22.9. The van der Waals surface area contributed by atoms with Gasteiger partial charge in [0.15, 0.2) is 0 Å². The van der Waals surface area contributed by atoms with E-state index in [1.165, 1.54) is 11.1 Å². The van der Waals surface area contributed by atoms with Crippen LogP contribution in [-0.2, 0) is 28.9 Å². The third-order valence-corrected chi connectivity index (χ3v) is 6.56. The van der Waals surface area contributed by atoms with Gasteiger partial charge in [-0.3, -0.25) is 29.6 Å². The molecule has 2 aromatic rings. The molecule has 1 aromatic carbocycles. The number of nitrogens with one attached hydrogen (secondary N) is 1. The Labute approximate surface area is 199 Å². The second kappa shape index (κ2) is 8.95. The number of likely N-dealkylation sites (tertiary alicyclic amines) is 1. The molecule has 1 unspecified atom stereocenters. The number of pyridine rings is 1. The van der Waals surface area contributed by atoms with E-state index in [4.69, 9.17) is 4.74 Å². The predicted molar refractivity (Wildman–Crippen MR) is 116 cm³/mol. The third-order valence-electron chi connectivity index (χ3n) is 6.56. The van der Waals surface area contributed by atoms with Crippen LogP contribution in [0.5, 0.6) is 5.75 Å². The van der Waals surface area contributed by atoms with Gasteiger partial charge in [-0.05, 0) is 48.2 Å². The molecule has 3 aliphatic rings. The number of alkyl halides is 3. The summed E-state index contributed by atoms with van der Waals surface area (Å²) in [5, 5.41) is 2.28. The van der Waals surface area contributed by atoms with Crippen molar-refractivity contribution in [3.63, 3.8) is 0 Å². The molecule has 0 radical (unpaired) electrons. The monoisotopic (exact) mass is 488 g/mol. The molecule has 4 heterocycles. The van der Waals surface area contributed by atoms with Crippen molar-refractivity contribution in [2.75, 3.05) is 13.1 Å². The number of benzene rings is 1. The summed E-state index contributed by atoms with van der Waals surface area (Å²) < 4.78 is 44.9. The van der Waals surface area contributed by atoms with E-state index in [0.29, 0.717) is 49.4 Å². The molecule has 0 aliphatic carbocycles. The fourth-order valence-corrected chi connectivity index (χ4v) is 4.84. The van der Waals surface area contributed by atoms with Crippen LogP contribution >= 0.6 is 0 Å². The van der Waals surface area contributed by atoms with Crippen molar-refractivity contribution in [2.24, 2.45) is 0 Å². The van der Waals surface area contributed by atoms with E-state index in [1.54, 1.807) is 18.2 Å². The highest BCUT2D eigenvalue weighted by Crippen LogP contribution is 2.32. The maximum Gasteiger partial charge on any atom is 0.417 e. The minimum Gasteiger partial charge on any atom is -0.489 e. The number of hydrogen-bond acceptors (Lipinski definition) is 6. The Hall–Kier alpha value is -3.47. The summed E-state index contributed by atoms with van der Waals surface area (Å²) in [6.45, 7) is 1.83. The number of rotatable bonds is 5. The van der Waals surface area contributed by atoms with Gasteiger partial charge in [0.25, 0.3) is 5.91 Å². The molecule has 0 spiro atoms. The lowest BCUT2D eigenvalue weighted by molar-refractivity contribution is -0.138. The zero-order valence-electron chi connectivity index (χ0n) is 18.7. The van der Waals surface area contributed by atoms with Crippen LogP contribution in [0.2, 0.25) is 0 Å². The van der Waals surface area contributed by atoms with Crippen LogP contribution < -0.4 is 10.1 Å². The number of piperidine rings is 1. The Balaban J connectivity index is 1.20. The van der Waals surface area contributed by atoms with Gasteiger partial charge in [-0.2, -0.15) is 13.2 Å².